The minimum Gasteiger partial charge on any atom is -0.378 e. The first kappa shape index (κ1) is 21.1. The summed E-state index contributed by atoms with van der Waals surface area (Å²) in [5.74, 6) is -0.131. The Labute approximate surface area is 173 Å². The van der Waals surface area contributed by atoms with Crippen LogP contribution in [0.15, 0.2) is 12.1 Å². The van der Waals surface area contributed by atoms with Crippen molar-refractivity contribution in [3.05, 3.63) is 29.2 Å². The number of alkyl halides is 3. The molecule has 0 saturated carbocycles. The van der Waals surface area contributed by atoms with E-state index in [0.717, 1.165) is 36.5 Å². The molecule has 2 aliphatic rings. The van der Waals surface area contributed by atoms with Gasteiger partial charge in [-0.1, -0.05) is 13.8 Å². The van der Waals surface area contributed by atoms with Gasteiger partial charge in [-0.05, 0) is 44.1 Å². The van der Waals surface area contributed by atoms with Gasteiger partial charge in [-0.2, -0.15) is 18.3 Å². The molecule has 2 fully saturated rings. The van der Waals surface area contributed by atoms with Gasteiger partial charge in [0.15, 0.2) is 5.65 Å². The summed E-state index contributed by atoms with van der Waals surface area (Å²) in [6.07, 6.45) is 0.170. The zero-order valence-corrected chi connectivity index (χ0v) is 17.3. The molecule has 0 N–H and O–H groups in total. The molecule has 164 valence electrons. The average Bonchev–Trinajstić information content (AvgIpc) is 3.43. The van der Waals surface area contributed by atoms with Gasteiger partial charge in [0.05, 0.1) is 17.8 Å². The molecule has 9 heteroatoms. The number of rotatable bonds is 5. The molecule has 0 radical (unpaired) electrons. The minimum atomic E-state index is -4.54. The van der Waals surface area contributed by atoms with Crippen LogP contribution in [0.1, 0.15) is 81.4 Å². The quantitative estimate of drug-likeness (QED) is 0.709. The molecule has 2 aliphatic heterocycles. The molecule has 6 nitrogen and oxygen atoms in total. The zero-order chi connectivity index (χ0) is 21.5. The van der Waals surface area contributed by atoms with Crippen LogP contribution in [0, 0.1) is 0 Å². The smallest absolute Gasteiger partial charge is 0.378 e. The van der Waals surface area contributed by atoms with E-state index in [0.29, 0.717) is 37.2 Å². The van der Waals surface area contributed by atoms with Crippen molar-refractivity contribution < 1.29 is 22.7 Å². The molecular weight excluding hydrogens is 397 g/mol. The molecule has 30 heavy (non-hydrogen) atoms. The summed E-state index contributed by atoms with van der Waals surface area (Å²) in [5, 5.41) is 4.25. The van der Waals surface area contributed by atoms with Gasteiger partial charge in [-0.15, -0.1) is 0 Å². The maximum absolute atomic E-state index is 13.6. The monoisotopic (exact) mass is 424 g/mol. The first-order chi connectivity index (χ1) is 14.2. The van der Waals surface area contributed by atoms with E-state index in [2.05, 4.69) is 10.1 Å². The van der Waals surface area contributed by atoms with Crippen LogP contribution in [-0.2, 0) is 15.7 Å². The fraction of sp³-hybridized carbons (Fsp3) is 0.667. The third kappa shape index (κ3) is 4.17. The second-order valence-electron chi connectivity index (χ2n) is 8.48. The maximum atomic E-state index is 13.6. The number of carbonyl (C=O) groups excluding carboxylic acids is 1. The summed E-state index contributed by atoms with van der Waals surface area (Å²) in [6, 6.07) is 2.35. The molecule has 2 unspecified atom stereocenters. The lowest BCUT2D eigenvalue weighted by molar-refractivity contribution is -0.142. The fourth-order valence-electron chi connectivity index (χ4n) is 4.34. The summed E-state index contributed by atoms with van der Waals surface area (Å²) in [4.78, 5) is 18.9. The molecule has 2 aromatic rings. The Morgan fingerprint density at radius 3 is 2.73 bits per heavy atom. The number of fused-ring (bicyclic) bond motifs is 1. The van der Waals surface area contributed by atoms with Crippen LogP contribution in [0.5, 0.6) is 0 Å². The third-order valence-corrected chi connectivity index (χ3v) is 5.97. The minimum absolute atomic E-state index is 0.0110. The van der Waals surface area contributed by atoms with E-state index in [-0.39, 0.29) is 29.6 Å². The summed E-state index contributed by atoms with van der Waals surface area (Å²) >= 11 is 0. The van der Waals surface area contributed by atoms with Crippen LogP contribution in [0.3, 0.4) is 0 Å². The Kier molecular flexibility index (Phi) is 5.74. The highest BCUT2D eigenvalue weighted by molar-refractivity contribution is 5.77. The number of hydrogen-bond acceptors (Lipinski definition) is 4. The van der Waals surface area contributed by atoms with Crippen molar-refractivity contribution in [1.29, 1.82) is 0 Å². The number of nitrogens with zero attached hydrogens (tertiary/aromatic N) is 4. The van der Waals surface area contributed by atoms with E-state index in [4.69, 9.17) is 4.74 Å². The molecule has 0 spiro atoms. The molecule has 1 amide bonds. The molecule has 0 aromatic carbocycles. The van der Waals surface area contributed by atoms with E-state index in [1.165, 1.54) is 0 Å². The molecule has 2 aromatic heterocycles. The number of ether oxygens (including phenoxy) is 1. The number of halogens is 3. The molecule has 4 rings (SSSR count). The van der Waals surface area contributed by atoms with Gasteiger partial charge >= 0.3 is 6.18 Å². The van der Waals surface area contributed by atoms with Gasteiger partial charge < -0.3 is 9.64 Å². The SMILES string of the molecule is CC(C)c1cc(C(F)(F)F)n2nc(C3CCCN3C(=O)CCC3CCCO3)cc2n1. The van der Waals surface area contributed by atoms with Crippen molar-refractivity contribution in [2.75, 3.05) is 13.2 Å². The van der Waals surface area contributed by atoms with Gasteiger partial charge in [0.2, 0.25) is 5.91 Å². The van der Waals surface area contributed by atoms with E-state index in [1.54, 1.807) is 11.0 Å². The van der Waals surface area contributed by atoms with Crippen molar-refractivity contribution in [2.24, 2.45) is 0 Å². The largest absolute Gasteiger partial charge is 0.433 e. The third-order valence-electron chi connectivity index (χ3n) is 5.97. The van der Waals surface area contributed by atoms with Gasteiger partial charge in [-0.25, -0.2) is 9.50 Å². The number of amides is 1. The first-order valence-electron chi connectivity index (χ1n) is 10.6. The molecule has 4 heterocycles. The highest BCUT2D eigenvalue weighted by atomic mass is 19.4. The summed E-state index contributed by atoms with van der Waals surface area (Å²) in [6.45, 7) is 4.96. The lowest BCUT2D eigenvalue weighted by Crippen LogP contribution is -2.31. The Bertz CT molecular complexity index is 919. The first-order valence-corrected chi connectivity index (χ1v) is 10.6. The lowest BCUT2D eigenvalue weighted by atomic mass is 10.1. The van der Waals surface area contributed by atoms with Gasteiger partial charge in [0.25, 0.3) is 0 Å². The van der Waals surface area contributed by atoms with Crippen LogP contribution in [-0.4, -0.2) is 44.7 Å². The van der Waals surface area contributed by atoms with Crippen molar-refractivity contribution in [1.82, 2.24) is 19.5 Å². The van der Waals surface area contributed by atoms with Gasteiger partial charge in [-0.3, -0.25) is 4.79 Å². The van der Waals surface area contributed by atoms with Gasteiger partial charge in [0, 0.05) is 31.3 Å². The maximum Gasteiger partial charge on any atom is 0.433 e. The van der Waals surface area contributed by atoms with Crippen LogP contribution < -0.4 is 0 Å². The Morgan fingerprint density at radius 1 is 1.27 bits per heavy atom. The molecule has 2 atom stereocenters. The number of hydrogen-bond donors (Lipinski definition) is 0. The van der Waals surface area contributed by atoms with E-state index < -0.39 is 11.9 Å². The number of carbonyl (C=O) groups is 1. The Morgan fingerprint density at radius 2 is 2.07 bits per heavy atom. The highest BCUT2D eigenvalue weighted by Crippen LogP contribution is 2.35. The number of likely N-dealkylation sites (tertiary alicyclic amines) is 1. The highest BCUT2D eigenvalue weighted by Gasteiger charge is 2.37. The second kappa shape index (κ2) is 8.17. The van der Waals surface area contributed by atoms with Crippen molar-refractivity contribution in [3.8, 4) is 0 Å². The Balaban J connectivity index is 1.60. The molecule has 2 saturated heterocycles. The Hall–Kier alpha value is -2.16. The van der Waals surface area contributed by atoms with Crippen molar-refractivity contribution in [3.63, 3.8) is 0 Å². The van der Waals surface area contributed by atoms with Crippen LogP contribution in [0.4, 0.5) is 13.2 Å². The molecule has 0 bridgehead atoms. The predicted molar refractivity (Wildman–Crippen MR) is 104 cm³/mol. The molecular formula is C21H27F3N4O2. The van der Waals surface area contributed by atoms with Crippen molar-refractivity contribution >= 4 is 11.6 Å². The predicted octanol–water partition coefficient (Wildman–Crippen LogP) is 4.49. The van der Waals surface area contributed by atoms with Crippen LogP contribution in [0.2, 0.25) is 0 Å². The average molecular weight is 424 g/mol. The fourth-order valence-corrected chi connectivity index (χ4v) is 4.34. The van der Waals surface area contributed by atoms with E-state index in [9.17, 15) is 18.0 Å². The van der Waals surface area contributed by atoms with Crippen molar-refractivity contribution in [2.45, 2.75) is 76.6 Å². The summed E-state index contributed by atoms with van der Waals surface area (Å²) in [7, 11) is 0. The van der Waals surface area contributed by atoms with Crippen LogP contribution in [0.25, 0.3) is 5.65 Å². The molecule has 0 aliphatic carbocycles. The summed E-state index contributed by atoms with van der Waals surface area (Å²) < 4.78 is 47.4. The normalized spacial score (nSPS) is 22.5. The second-order valence-corrected chi connectivity index (χ2v) is 8.48. The van der Waals surface area contributed by atoms with E-state index >= 15 is 0 Å². The standard InChI is InChI=1S/C21H27F3N4O2/c1-13(2)15-11-18(21(22,23)24)28-19(25-15)12-16(26-28)17-6-3-9-27(17)20(29)8-7-14-5-4-10-30-14/h11-14,17H,3-10H2,1-2H3. The van der Waals surface area contributed by atoms with Crippen LogP contribution >= 0.6 is 0 Å². The summed E-state index contributed by atoms with van der Waals surface area (Å²) in [5.41, 5.74) is 0.174. The topological polar surface area (TPSA) is 59.7 Å². The lowest BCUT2D eigenvalue weighted by Gasteiger charge is -2.24. The zero-order valence-electron chi connectivity index (χ0n) is 17.3. The van der Waals surface area contributed by atoms with Gasteiger partial charge in [0.1, 0.15) is 5.69 Å². The number of aromatic nitrogens is 3. The van der Waals surface area contributed by atoms with E-state index in [1.807, 2.05) is 13.8 Å².